The van der Waals surface area contributed by atoms with Gasteiger partial charge in [0.1, 0.15) is 6.61 Å². The van der Waals surface area contributed by atoms with Crippen molar-refractivity contribution in [3.63, 3.8) is 0 Å². The van der Waals surface area contributed by atoms with Gasteiger partial charge in [0.2, 0.25) is 0 Å². The van der Waals surface area contributed by atoms with Gasteiger partial charge in [0, 0.05) is 19.6 Å². The molecule has 1 fully saturated rings. The Morgan fingerprint density at radius 1 is 1.44 bits per heavy atom. The van der Waals surface area contributed by atoms with Crippen molar-refractivity contribution in [2.75, 3.05) is 33.9 Å². The molecular weight excluding hydrogens is 230 g/mol. The van der Waals surface area contributed by atoms with E-state index < -0.39 is 0 Å². The van der Waals surface area contributed by atoms with Crippen molar-refractivity contribution in [3.8, 4) is 0 Å². The van der Waals surface area contributed by atoms with Crippen LogP contribution in [0.15, 0.2) is 0 Å². The molecule has 1 aliphatic rings. The fraction of sp³-hybridized carbons (Fsp3) is 0.929. The predicted molar refractivity (Wildman–Crippen MR) is 71.5 cm³/mol. The summed E-state index contributed by atoms with van der Waals surface area (Å²) < 4.78 is 10.9. The highest BCUT2D eigenvalue weighted by Crippen LogP contribution is 2.31. The molecule has 0 aromatic rings. The average Bonchev–Trinajstić information content (AvgIpc) is 2.24. The second-order valence-corrected chi connectivity index (χ2v) is 6.03. The quantitative estimate of drug-likeness (QED) is 0.683. The molecule has 106 valence electrons. The molecule has 1 saturated heterocycles. The van der Waals surface area contributed by atoms with Crippen molar-refractivity contribution >= 4 is 5.97 Å². The number of carbonyl (C=O) groups excluding carboxylic acids is 1. The highest BCUT2D eigenvalue weighted by molar-refractivity contribution is 5.69. The van der Waals surface area contributed by atoms with Crippen LogP contribution in [-0.2, 0) is 14.3 Å². The van der Waals surface area contributed by atoms with Gasteiger partial charge >= 0.3 is 5.97 Å². The molecule has 4 heteroatoms. The number of likely N-dealkylation sites (N-methyl/N-ethyl adjacent to an activating group) is 1. The summed E-state index contributed by atoms with van der Waals surface area (Å²) in [6.45, 7) is 6.33. The summed E-state index contributed by atoms with van der Waals surface area (Å²) in [6.07, 6.45) is 3.56. The number of carbonyl (C=O) groups is 1. The predicted octanol–water partition coefficient (Wildman–Crippen LogP) is 2.08. The molecule has 0 aliphatic carbocycles. The third kappa shape index (κ3) is 6.36. The van der Waals surface area contributed by atoms with Gasteiger partial charge in [0.25, 0.3) is 0 Å². The molecule has 0 aromatic heterocycles. The Kier molecular flexibility index (Phi) is 6.09. The number of ether oxygens (including phenoxy) is 2. The minimum absolute atomic E-state index is 0.0300. The highest BCUT2D eigenvalue weighted by atomic mass is 16.5. The molecule has 0 bridgehead atoms. The zero-order valence-electron chi connectivity index (χ0n) is 12.2. The van der Waals surface area contributed by atoms with Crippen LogP contribution < -0.4 is 0 Å². The van der Waals surface area contributed by atoms with Gasteiger partial charge < -0.3 is 14.4 Å². The Morgan fingerprint density at radius 2 is 2.17 bits per heavy atom. The van der Waals surface area contributed by atoms with E-state index in [1.807, 2.05) is 19.0 Å². The zero-order chi connectivity index (χ0) is 13.6. The van der Waals surface area contributed by atoms with Gasteiger partial charge in [-0.1, -0.05) is 0 Å². The lowest BCUT2D eigenvalue weighted by Crippen LogP contribution is -2.34. The first-order valence-corrected chi connectivity index (χ1v) is 6.83. The van der Waals surface area contributed by atoms with Crippen LogP contribution in [0.25, 0.3) is 0 Å². The molecule has 18 heavy (non-hydrogen) atoms. The summed E-state index contributed by atoms with van der Waals surface area (Å²) >= 11 is 0. The zero-order valence-corrected chi connectivity index (χ0v) is 12.2. The summed E-state index contributed by atoms with van der Waals surface area (Å²) in [5.74, 6) is 0.524. The summed E-state index contributed by atoms with van der Waals surface area (Å²) in [7, 11) is 3.94. The summed E-state index contributed by atoms with van der Waals surface area (Å²) in [4.78, 5) is 13.6. The molecule has 0 spiro atoms. The second-order valence-electron chi connectivity index (χ2n) is 6.03. The van der Waals surface area contributed by atoms with E-state index in [4.69, 9.17) is 9.47 Å². The average molecular weight is 257 g/mol. The molecule has 0 amide bonds. The minimum atomic E-state index is -0.0684. The van der Waals surface area contributed by atoms with Gasteiger partial charge in [0.15, 0.2) is 0 Å². The van der Waals surface area contributed by atoms with E-state index in [0.29, 0.717) is 18.9 Å². The van der Waals surface area contributed by atoms with Gasteiger partial charge in [-0.05, 0) is 53.1 Å². The highest BCUT2D eigenvalue weighted by Gasteiger charge is 2.28. The SMILES string of the molecule is CN(C)CCOC(=O)CC[C@H]1CCOC(C)(C)C1. The van der Waals surface area contributed by atoms with E-state index in [1.165, 1.54) is 0 Å². The number of nitrogens with zero attached hydrogens (tertiary/aromatic N) is 1. The monoisotopic (exact) mass is 257 g/mol. The van der Waals surface area contributed by atoms with Gasteiger partial charge in [-0.2, -0.15) is 0 Å². The van der Waals surface area contributed by atoms with Gasteiger partial charge in [0.05, 0.1) is 5.60 Å². The standard InChI is InChI=1S/C14H27NO3/c1-14(2)11-12(7-9-18-14)5-6-13(16)17-10-8-15(3)4/h12H,5-11H2,1-4H3/t12-/m0/s1. The number of rotatable bonds is 6. The molecule has 0 N–H and O–H groups in total. The first-order chi connectivity index (χ1) is 8.39. The molecule has 0 unspecified atom stereocenters. The van der Waals surface area contributed by atoms with Gasteiger partial charge in [-0.15, -0.1) is 0 Å². The Bertz CT molecular complexity index is 264. The van der Waals surface area contributed by atoms with E-state index >= 15 is 0 Å². The topological polar surface area (TPSA) is 38.8 Å². The molecule has 0 aromatic carbocycles. The van der Waals surface area contributed by atoms with E-state index in [9.17, 15) is 4.79 Å². The van der Waals surface area contributed by atoms with Crippen molar-refractivity contribution < 1.29 is 14.3 Å². The minimum Gasteiger partial charge on any atom is -0.464 e. The summed E-state index contributed by atoms with van der Waals surface area (Å²) in [5, 5.41) is 0. The number of hydrogen-bond acceptors (Lipinski definition) is 4. The largest absolute Gasteiger partial charge is 0.464 e. The molecular formula is C14H27NO3. The van der Waals surface area contributed by atoms with Crippen LogP contribution in [-0.4, -0.2) is 50.3 Å². The Morgan fingerprint density at radius 3 is 2.78 bits per heavy atom. The van der Waals surface area contributed by atoms with Crippen molar-refractivity contribution in [2.45, 2.75) is 45.1 Å². The third-order valence-corrected chi connectivity index (χ3v) is 3.36. The van der Waals surface area contributed by atoms with Crippen molar-refractivity contribution in [1.29, 1.82) is 0 Å². The van der Waals surface area contributed by atoms with Crippen LogP contribution in [0.3, 0.4) is 0 Å². The lowest BCUT2D eigenvalue weighted by atomic mass is 9.85. The van der Waals surface area contributed by atoms with Crippen molar-refractivity contribution in [3.05, 3.63) is 0 Å². The Balaban J connectivity index is 2.14. The fourth-order valence-corrected chi connectivity index (χ4v) is 2.34. The second kappa shape index (κ2) is 7.10. The van der Waals surface area contributed by atoms with Crippen LogP contribution in [0.1, 0.15) is 39.5 Å². The molecule has 1 aliphatic heterocycles. The van der Waals surface area contributed by atoms with Crippen molar-refractivity contribution in [1.82, 2.24) is 4.90 Å². The van der Waals surface area contributed by atoms with Crippen molar-refractivity contribution in [2.24, 2.45) is 5.92 Å². The molecule has 1 heterocycles. The summed E-state index contributed by atoms with van der Waals surface area (Å²) in [6, 6.07) is 0. The first kappa shape index (κ1) is 15.4. The maximum absolute atomic E-state index is 11.6. The molecule has 1 rings (SSSR count). The molecule has 4 nitrogen and oxygen atoms in total. The smallest absolute Gasteiger partial charge is 0.305 e. The maximum Gasteiger partial charge on any atom is 0.305 e. The van der Waals surface area contributed by atoms with E-state index in [1.54, 1.807) is 0 Å². The molecule has 1 atom stereocenters. The first-order valence-electron chi connectivity index (χ1n) is 6.83. The lowest BCUT2D eigenvalue weighted by molar-refractivity contribution is -0.144. The Hall–Kier alpha value is -0.610. The third-order valence-electron chi connectivity index (χ3n) is 3.36. The van der Waals surface area contributed by atoms with Crippen LogP contribution >= 0.6 is 0 Å². The fourth-order valence-electron chi connectivity index (χ4n) is 2.34. The Labute approximate surface area is 111 Å². The summed E-state index contributed by atoms with van der Waals surface area (Å²) in [5.41, 5.74) is -0.0300. The van der Waals surface area contributed by atoms with Crippen LogP contribution in [0.5, 0.6) is 0 Å². The van der Waals surface area contributed by atoms with E-state index in [0.717, 1.165) is 32.4 Å². The van der Waals surface area contributed by atoms with Gasteiger partial charge in [-0.25, -0.2) is 0 Å². The van der Waals surface area contributed by atoms with Gasteiger partial charge in [-0.3, -0.25) is 4.79 Å². The molecule has 0 radical (unpaired) electrons. The number of esters is 1. The maximum atomic E-state index is 11.6. The van der Waals surface area contributed by atoms with Crippen LogP contribution in [0, 0.1) is 5.92 Å². The lowest BCUT2D eigenvalue weighted by Gasteiger charge is -2.35. The normalized spacial score (nSPS) is 23.1. The van der Waals surface area contributed by atoms with E-state index in [2.05, 4.69) is 13.8 Å². The van der Waals surface area contributed by atoms with E-state index in [-0.39, 0.29) is 11.6 Å². The number of hydrogen-bond donors (Lipinski definition) is 0. The molecule has 0 saturated carbocycles. The van der Waals surface area contributed by atoms with Crippen LogP contribution in [0.2, 0.25) is 0 Å². The van der Waals surface area contributed by atoms with Crippen LogP contribution in [0.4, 0.5) is 0 Å².